The maximum Gasteiger partial charge on any atom is 0.0628 e. The Morgan fingerprint density at radius 1 is 1.44 bits per heavy atom. The summed E-state index contributed by atoms with van der Waals surface area (Å²) in [5, 5.41) is 3.54. The van der Waals surface area contributed by atoms with E-state index >= 15 is 0 Å². The van der Waals surface area contributed by atoms with Crippen molar-refractivity contribution in [3.05, 3.63) is 0 Å². The molecule has 0 saturated carbocycles. The molecule has 16 heavy (non-hydrogen) atoms. The fourth-order valence-electron chi connectivity index (χ4n) is 3.18. The van der Waals surface area contributed by atoms with Gasteiger partial charge >= 0.3 is 0 Å². The van der Waals surface area contributed by atoms with E-state index in [4.69, 9.17) is 4.74 Å². The van der Waals surface area contributed by atoms with E-state index in [1.165, 1.54) is 32.2 Å². The van der Waals surface area contributed by atoms with Crippen LogP contribution in [0.4, 0.5) is 0 Å². The first kappa shape index (κ1) is 14.0. The molecule has 96 valence electrons. The summed E-state index contributed by atoms with van der Waals surface area (Å²) in [6, 6.07) is 0. The molecule has 0 aromatic heterocycles. The molecule has 0 amide bonds. The van der Waals surface area contributed by atoms with Crippen molar-refractivity contribution in [3.8, 4) is 0 Å². The predicted octanol–water partition coefficient (Wildman–Crippen LogP) is 3.22. The molecule has 0 aromatic rings. The fraction of sp³-hybridized carbons (Fsp3) is 1.00. The molecule has 1 rings (SSSR count). The molecule has 1 fully saturated rings. The summed E-state index contributed by atoms with van der Waals surface area (Å²) in [5.41, 5.74) is 0.457. The lowest BCUT2D eigenvalue weighted by Crippen LogP contribution is -2.47. The first-order valence-electron chi connectivity index (χ1n) is 6.69. The van der Waals surface area contributed by atoms with Crippen LogP contribution in [0, 0.1) is 11.3 Å². The highest BCUT2D eigenvalue weighted by atomic mass is 16.5. The minimum atomic E-state index is 0.0120. The zero-order valence-corrected chi connectivity index (χ0v) is 11.7. The van der Waals surface area contributed by atoms with Crippen molar-refractivity contribution in [2.75, 3.05) is 20.2 Å². The van der Waals surface area contributed by atoms with Gasteiger partial charge in [-0.25, -0.2) is 0 Å². The van der Waals surface area contributed by atoms with Crippen LogP contribution in [0.25, 0.3) is 0 Å². The lowest BCUT2D eigenvalue weighted by atomic mass is 9.65. The van der Waals surface area contributed by atoms with Crippen molar-refractivity contribution in [1.29, 1.82) is 0 Å². The first-order valence-corrected chi connectivity index (χ1v) is 6.69. The van der Waals surface area contributed by atoms with Gasteiger partial charge in [-0.05, 0) is 57.5 Å². The van der Waals surface area contributed by atoms with Gasteiger partial charge in [-0.2, -0.15) is 0 Å². The Morgan fingerprint density at radius 2 is 2.12 bits per heavy atom. The minimum Gasteiger partial charge on any atom is -0.379 e. The second kappa shape index (κ2) is 5.50. The summed E-state index contributed by atoms with van der Waals surface area (Å²) < 4.78 is 5.61. The van der Waals surface area contributed by atoms with Crippen LogP contribution in [-0.4, -0.2) is 25.8 Å². The average molecular weight is 227 g/mol. The van der Waals surface area contributed by atoms with Crippen LogP contribution in [0.15, 0.2) is 0 Å². The Morgan fingerprint density at radius 3 is 2.69 bits per heavy atom. The van der Waals surface area contributed by atoms with Gasteiger partial charge in [-0.1, -0.05) is 20.3 Å². The van der Waals surface area contributed by atoms with Gasteiger partial charge in [-0.15, -0.1) is 0 Å². The maximum atomic E-state index is 5.61. The molecule has 1 heterocycles. The van der Waals surface area contributed by atoms with Gasteiger partial charge in [-0.3, -0.25) is 0 Å². The number of hydrogen-bond donors (Lipinski definition) is 1. The van der Waals surface area contributed by atoms with Gasteiger partial charge < -0.3 is 10.1 Å². The van der Waals surface area contributed by atoms with E-state index in [9.17, 15) is 0 Å². The van der Waals surface area contributed by atoms with Gasteiger partial charge in [0.2, 0.25) is 0 Å². The zero-order chi connectivity index (χ0) is 12.2. The van der Waals surface area contributed by atoms with E-state index in [0.717, 1.165) is 12.5 Å². The van der Waals surface area contributed by atoms with Gasteiger partial charge in [0.05, 0.1) is 5.60 Å². The summed E-state index contributed by atoms with van der Waals surface area (Å²) in [6.07, 6.45) is 5.08. The third kappa shape index (κ3) is 3.46. The fourth-order valence-corrected chi connectivity index (χ4v) is 3.18. The van der Waals surface area contributed by atoms with E-state index in [1.807, 2.05) is 7.11 Å². The molecule has 2 atom stereocenters. The molecule has 1 saturated heterocycles. The molecular weight excluding hydrogens is 198 g/mol. The Labute approximate surface area is 101 Å². The molecule has 0 radical (unpaired) electrons. The third-order valence-corrected chi connectivity index (χ3v) is 4.27. The van der Waals surface area contributed by atoms with Crippen molar-refractivity contribution in [1.82, 2.24) is 5.32 Å². The Hall–Kier alpha value is -0.0800. The van der Waals surface area contributed by atoms with Crippen molar-refractivity contribution in [2.45, 2.75) is 59.0 Å². The monoisotopic (exact) mass is 227 g/mol. The van der Waals surface area contributed by atoms with Crippen LogP contribution in [0.5, 0.6) is 0 Å². The lowest BCUT2D eigenvalue weighted by Gasteiger charge is -2.46. The lowest BCUT2D eigenvalue weighted by molar-refractivity contribution is -0.0418. The smallest absolute Gasteiger partial charge is 0.0628 e. The SMILES string of the molecule is CCCC1CNCCC1(C)CC(C)(C)OC. The summed E-state index contributed by atoms with van der Waals surface area (Å²) in [5.74, 6) is 0.806. The van der Waals surface area contributed by atoms with Crippen molar-refractivity contribution >= 4 is 0 Å². The Balaban J connectivity index is 2.69. The highest BCUT2D eigenvalue weighted by Crippen LogP contribution is 2.43. The molecule has 0 aromatic carbocycles. The van der Waals surface area contributed by atoms with Crippen LogP contribution < -0.4 is 5.32 Å². The summed E-state index contributed by atoms with van der Waals surface area (Å²) >= 11 is 0. The maximum absolute atomic E-state index is 5.61. The predicted molar refractivity (Wildman–Crippen MR) is 69.7 cm³/mol. The van der Waals surface area contributed by atoms with E-state index < -0.39 is 0 Å². The van der Waals surface area contributed by atoms with Crippen molar-refractivity contribution in [3.63, 3.8) is 0 Å². The molecule has 2 heteroatoms. The largest absolute Gasteiger partial charge is 0.379 e. The number of methoxy groups -OCH3 is 1. The Kier molecular flexibility index (Phi) is 4.81. The molecular formula is C14H29NO. The quantitative estimate of drug-likeness (QED) is 0.778. The molecule has 1 aliphatic rings. The van der Waals surface area contributed by atoms with Crippen molar-refractivity contribution in [2.24, 2.45) is 11.3 Å². The third-order valence-electron chi connectivity index (χ3n) is 4.27. The normalized spacial score (nSPS) is 31.7. The van der Waals surface area contributed by atoms with Crippen LogP contribution in [0.2, 0.25) is 0 Å². The first-order chi connectivity index (χ1) is 7.43. The van der Waals surface area contributed by atoms with Crippen LogP contribution in [0.3, 0.4) is 0 Å². The summed E-state index contributed by atoms with van der Waals surface area (Å²) in [7, 11) is 1.83. The number of piperidine rings is 1. The highest BCUT2D eigenvalue weighted by molar-refractivity contribution is 4.92. The summed E-state index contributed by atoms with van der Waals surface area (Å²) in [4.78, 5) is 0. The zero-order valence-electron chi connectivity index (χ0n) is 11.7. The molecule has 2 unspecified atom stereocenters. The van der Waals surface area contributed by atoms with Gasteiger partial charge in [0.15, 0.2) is 0 Å². The topological polar surface area (TPSA) is 21.3 Å². The van der Waals surface area contributed by atoms with Crippen molar-refractivity contribution < 1.29 is 4.74 Å². The molecule has 0 bridgehead atoms. The summed E-state index contributed by atoms with van der Waals surface area (Å²) in [6.45, 7) is 11.5. The van der Waals surface area contributed by atoms with Crippen LogP contribution >= 0.6 is 0 Å². The van der Waals surface area contributed by atoms with Crippen LogP contribution in [-0.2, 0) is 4.74 Å². The second-order valence-electron chi connectivity index (χ2n) is 6.23. The van der Waals surface area contributed by atoms with Gasteiger partial charge in [0.25, 0.3) is 0 Å². The average Bonchev–Trinajstić information content (AvgIpc) is 2.21. The van der Waals surface area contributed by atoms with E-state index in [-0.39, 0.29) is 5.60 Å². The number of rotatable bonds is 5. The molecule has 0 spiro atoms. The molecule has 0 aliphatic carbocycles. The minimum absolute atomic E-state index is 0.0120. The number of hydrogen-bond acceptors (Lipinski definition) is 2. The molecule has 1 aliphatic heterocycles. The Bertz CT molecular complexity index is 213. The number of nitrogens with one attached hydrogen (secondary N) is 1. The van der Waals surface area contributed by atoms with E-state index in [2.05, 4.69) is 33.0 Å². The number of ether oxygens (including phenoxy) is 1. The van der Waals surface area contributed by atoms with Gasteiger partial charge in [0.1, 0.15) is 0 Å². The molecule has 2 nitrogen and oxygen atoms in total. The van der Waals surface area contributed by atoms with E-state index in [1.54, 1.807) is 0 Å². The highest BCUT2D eigenvalue weighted by Gasteiger charge is 2.40. The van der Waals surface area contributed by atoms with Gasteiger partial charge in [0, 0.05) is 7.11 Å². The van der Waals surface area contributed by atoms with E-state index in [0.29, 0.717) is 5.41 Å². The molecule has 1 N–H and O–H groups in total. The second-order valence-corrected chi connectivity index (χ2v) is 6.23. The standard InChI is InChI=1S/C14H29NO/c1-6-7-12-10-15-9-8-14(12,4)11-13(2,3)16-5/h12,15H,6-11H2,1-5H3. The van der Waals surface area contributed by atoms with Crippen LogP contribution in [0.1, 0.15) is 53.4 Å².